The van der Waals surface area contributed by atoms with E-state index in [4.69, 9.17) is 10.3 Å². The first-order valence-electron chi connectivity index (χ1n) is 7.15. The standard InChI is InChI=1S/C16H19N3O2/c1-9-16(10(2)21-19-9)11-3-6-15(14(17)7-11)18-12-4-5-13(20)8-12/h3,6-7,12,18H,4-5,8,17H2,1-2H3/t12-/m1/s1. The van der Waals surface area contributed by atoms with Crippen LogP contribution in [0.2, 0.25) is 0 Å². The summed E-state index contributed by atoms with van der Waals surface area (Å²) in [7, 11) is 0. The maximum absolute atomic E-state index is 11.3. The smallest absolute Gasteiger partial charge is 0.141 e. The first kappa shape index (κ1) is 13.7. The zero-order valence-corrected chi connectivity index (χ0v) is 12.3. The summed E-state index contributed by atoms with van der Waals surface area (Å²) < 4.78 is 5.20. The van der Waals surface area contributed by atoms with Gasteiger partial charge in [-0.15, -0.1) is 0 Å². The van der Waals surface area contributed by atoms with Crippen LogP contribution in [0.3, 0.4) is 0 Å². The molecule has 1 aliphatic carbocycles. The average molecular weight is 285 g/mol. The van der Waals surface area contributed by atoms with E-state index in [1.807, 2.05) is 32.0 Å². The number of hydrogen-bond acceptors (Lipinski definition) is 5. The van der Waals surface area contributed by atoms with Crippen molar-refractivity contribution in [1.82, 2.24) is 5.16 Å². The van der Waals surface area contributed by atoms with Crippen LogP contribution in [0.25, 0.3) is 11.1 Å². The minimum Gasteiger partial charge on any atom is -0.397 e. The first-order chi connectivity index (χ1) is 10.0. The molecule has 0 spiro atoms. The van der Waals surface area contributed by atoms with E-state index >= 15 is 0 Å². The van der Waals surface area contributed by atoms with E-state index in [1.165, 1.54) is 0 Å². The fourth-order valence-electron chi connectivity index (χ4n) is 2.90. The normalized spacial score (nSPS) is 18.2. The van der Waals surface area contributed by atoms with E-state index in [1.54, 1.807) is 0 Å². The number of nitrogen functional groups attached to an aromatic ring is 1. The Morgan fingerprint density at radius 3 is 2.76 bits per heavy atom. The Kier molecular flexibility index (Phi) is 3.41. The molecule has 0 saturated heterocycles. The second-order valence-corrected chi connectivity index (χ2v) is 5.62. The summed E-state index contributed by atoms with van der Waals surface area (Å²) in [5, 5.41) is 7.32. The highest BCUT2D eigenvalue weighted by molar-refractivity contribution is 5.83. The molecular formula is C16H19N3O2. The van der Waals surface area contributed by atoms with Gasteiger partial charge < -0.3 is 15.6 Å². The zero-order valence-electron chi connectivity index (χ0n) is 12.3. The second-order valence-electron chi connectivity index (χ2n) is 5.62. The molecule has 1 aromatic carbocycles. The number of carbonyl (C=O) groups is 1. The molecule has 0 radical (unpaired) electrons. The van der Waals surface area contributed by atoms with Gasteiger partial charge in [-0.3, -0.25) is 4.79 Å². The molecule has 1 aromatic heterocycles. The number of aromatic nitrogens is 1. The Morgan fingerprint density at radius 2 is 2.19 bits per heavy atom. The highest BCUT2D eigenvalue weighted by atomic mass is 16.5. The number of benzene rings is 1. The maximum atomic E-state index is 11.3. The summed E-state index contributed by atoms with van der Waals surface area (Å²) in [4.78, 5) is 11.3. The van der Waals surface area contributed by atoms with E-state index in [2.05, 4.69) is 10.5 Å². The number of hydrogen-bond donors (Lipinski definition) is 2. The van der Waals surface area contributed by atoms with Crippen LogP contribution in [0, 0.1) is 13.8 Å². The molecule has 1 saturated carbocycles. The molecule has 0 unspecified atom stereocenters. The molecular weight excluding hydrogens is 266 g/mol. The number of nitrogens with zero attached hydrogens (tertiary/aromatic N) is 1. The Labute approximate surface area is 123 Å². The molecule has 0 bridgehead atoms. The van der Waals surface area contributed by atoms with Gasteiger partial charge in [0.15, 0.2) is 0 Å². The van der Waals surface area contributed by atoms with Crippen molar-refractivity contribution in [3.63, 3.8) is 0 Å². The van der Waals surface area contributed by atoms with Crippen molar-refractivity contribution in [3.05, 3.63) is 29.7 Å². The Bertz CT molecular complexity index is 671. The molecule has 110 valence electrons. The highest BCUT2D eigenvalue weighted by Crippen LogP contribution is 2.32. The van der Waals surface area contributed by atoms with Crippen molar-refractivity contribution >= 4 is 17.2 Å². The lowest BCUT2D eigenvalue weighted by molar-refractivity contribution is -0.117. The molecule has 3 rings (SSSR count). The number of carbonyl (C=O) groups excluding carboxylic acids is 1. The van der Waals surface area contributed by atoms with Crippen LogP contribution in [0.5, 0.6) is 0 Å². The van der Waals surface area contributed by atoms with E-state index in [0.29, 0.717) is 24.3 Å². The zero-order chi connectivity index (χ0) is 15.0. The van der Waals surface area contributed by atoms with E-state index < -0.39 is 0 Å². The van der Waals surface area contributed by atoms with Crippen molar-refractivity contribution in [2.75, 3.05) is 11.1 Å². The van der Waals surface area contributed by atoms with Crippen LogP contribution in [-0.2, 0) is 4.79 Å². The van der Waals surface area contributed by atoms with Crippen molar-refractivity contribution in [2.24, 2.45) is 0 Å². The number of rotatable bonds is 3. The van der Waals surface area contributed by atoms with Crippen molar-refractivity contribution in [2.45, 2.75) is 39.2 Å². The first-order valence-corrected chi connectivity index (χ1v) is 7.15. The third kappa shape index (κ3) is 2.63. The predicted molar refractivity (Wildman–Crippen MR) is 82.1 cm³/mol. The molecule has 5 nitrogen and oxygen atoms in total. The van der Waals surface area contributed by atoms with Crippen LogP contribution < -0.4 is 11.1 Å². The van der Waals surface area contributed by atoms with Gasteiger partial charge in [0.25, 0.3) is 0 Å². The molecule has 5 heteroatoms. The van der Waals surface area contributed by atoms with E-state index in [-0.39, 0.29) is 6.04 Å². The van der Waals surface area contributed by atoms with Crippen LogP contribution >= 0.6 is 0 Å². The summed E-state index contributed by atoms with van der Waals surface area (Å²) >= 11 is 0. The monoisotopic (exact) mass is 285 g/mol. The minimum atomic E-state index is 0.199. The van der Waals surface area contributed by atoms with Crippen LogP contribution in [0.15, 0.2) is 22.7 Å². The molecule has 21 heavy (non-hydrogen) atoms. The van der Waals surface area contributed by atoms with Gasteiger partial charge in [-0.25, -0.2) is 0 Å². The van der Waals surface area contributed by atoms with Gasteiger partial charge in [0.1, 0.15) is 11.5 Å². The summed E-state index contributed by atoms with van der Waals surface area (Å²) in [5.41, 5.74) is 10.5. The number of ketones is 1. The van der Waals surface area contributed by atoms with E-state index in [0.717, 1.165) is 34.7 Å². The predicted octanol–water partition coefficient (Wildman–Crippen LogP) is 3.07. The molecule has 2 aromatic rings. The lowest BCUT2D eigenvalue weighted by Gasteiger charge is -2.15. The number of nitrogens with one attached hydrogen (secondary N) is 1. The van der Waals surface area contributed by atoms with Crippen molar-refractivity contribution < 1.29 is 9.32 Å². The SMILES string of the molecule is Cc1noc(C)c1-c1ccc(N[C@@H]2CCC(=O)C2)c(N)c1. The molecule has 1 atom stereocenters. The van der Waals surface area contributed by atoms with Crippen LogP contribution in [-0.4, -0.2) is 17.0 Å². The third-order valence-corrected chi connectivity index (χ3v) is 3.98. The number of anilines is 2. The lowest BCUT2D eigenvalue weighted by atomic mass is 10.0. The van der Waals surface area contributed by atoms with Gasteiger partial charge in [-0.2, -0.15) is 0 Å². The average Bonchev–Trinajstić information content (AvgIpc) is 2.99. The Hall–Kier alpha value is -2.30. The van der Waals surface area contributed by atoms with Crippen LogP contribution in [0.4, 0.5) is 11.4 Å². The topological polar surface area (TPSA) is 81.2 Å². The molecule has 0 aliphatic heterocycles. The minimum absolute atomic E-state index is 0.199. The van der Waals surface area contributed by atoms with Gasteiger partial charge in [-0.1, -0.05) is 11.2 Å². The highest BCUT2D eigenvalue weighted by Gasteiger charge is 2.22. The van der Waals surface area contributed by atoms with Gasteiger partial charge >= 0.3 is 0 Å². The number of Topliss-reactive ketones (excluding diaryl/α,β-unsaturated/α-hetero) is 1. The number of nitrogens with two attached hydrogens (primary N) is 1. The largest absolute Gasteiger partial charge is 0.397 e. The fourth-order valence-corrected chi connectivity index (χ4v) is 2.90. The summed E-state index contributed by atoms with van der Waals surface area (Å²) in [6, 6.07) is 6.08. The van der Waals surface area contributed by atoms with Gasteiger partial charge in [0.05, 0.1) is 17.1 Å². The summed E-state index contributed by atoms with van der Waals surface area (Å²) in [6.07, 6.45) is 2.13. The quantitative estimate of drug-likeness (QED) is 0.847. The Balaban J connectivity index is 1.85. The van der Waals surface area contributed by atoms with E-state index in [9.17, 15) is 4.79 Å². The summed E-state index contributed by atoms with van der Waals surface area (Å²) in [6.45, 7) is 3.81. The van der Waals surface area contributed by atoms with Crippen LogP contribution in [0.1, 0.15) is 30.7 Å². The maximum Gasteiger partial charge on any atom is 0.141 e. The van der Waals surface area contributed by atoms with Crippen molar-refractivity contribution in [3.8, 4) is 11.1 Å². The fraction of sp³-hybridized carbons (Fsp3) is 0.375. The number of aryl methyl sites for hydroxylation is 2. The van der Waals surface area contributed by atoms with Gasteiger partial charge in [0.2, 0.25) is 0 Å². The molecule has 0 amide bonds. The lowest BCUT2D eigenvalue weighted by Crippen LogP contribution is -2.16. The molecule has 1 fully saturated rings. The molecule has 3 N–H and O–H groups in total. The summed E-state index contributed by atoms with van der Waals surface area (Å²) in [5.74, 6) is 1.10. The molecule has 1 aliphatic rings. The third-order valence-electron chi connectivity index (χ3n) is 3.98. The van der Waals surface area contributed by atoms with Crippen molar-refractivity contribution in [1.29, 1.82) is 0 Å². The second kappa shape index (κ2) is 5.24. The molecule has 1 heterocycles. The van der Waals surface area contributed by atoms with Gasteiger partial charge in [-0.05, 0) is 38.0 Å². The Morgan fingerprint density at radius 1 is 1.38 bits per heavy atom. The van der Waals surface area contributed by atoms with Gasteiger partial charge in [0, 0.05) is 24.4 Å².